The minimum Gasteiger partial charge on any atom is -0.392 e. The normalized spacial score (nSPS) is 24.7. The Balaban J connectivity index is 3.01. The lowest BCUT2D eigenvalue weighted by Gasteiger charge is -2.35. The Bertz CT molecular complexity index is 292. The molecular formula is C14H24O4. The van der Waals surface area contributed by atoms with E-state index in [1.807, 2.05) is 20.8 Å². The number of hydrogen-bond donors (Lipinski definition) is 1. The van der Waals surface area contributed by atoms with E-state index in [0.29, 0.717) is 25.2 Å². The SMILES string of the molecule is CCOC(OCC)[C@H]1C(C=O)=C(CC)CC[C@@H]1O. The first-order chi connectivity index (χ1) is 8.69. The monoisotopic (exact) mass is 256 g/mol. The fourth-order valence-corrected chi connectivity index (χ4v) is 2.54. The third kappa shape index (κ3) is 3.40. The molecule has 0 fully saturated rings. The summed E-state index contributed by atoms with van der Waals surface area (Å²) in [7, 11) is 0. The Morgan fingerprint density at radius 3 is 2.39 bits per heavy atom. The molecule has 0 unspecified atom stereocenters. The lowest BCUT2D eigenvalue weighted by atomic mass is 9.79. The molecule has 4 heteroatoms. The average Bonchev–Trinajstić information content (AvgIpc) is 2.38. The zero-order valence-electron chi connectivity index (χ0n) is 11.5. The summed E-state index contributed by atoms with van der Waals surface area (Å²) < 4.78 is 11.1. The lowest BCUT2D eigenvalue weighted by molar-refractivity contribution is -0.180. The zero-order chi connectivity index (χ0) is 13.5. The number of hydrogen-bond acceptors (Lipinski definition) is 4. The molecule has 0 amide bonds. The van der Waals surface area contributed by atoms with Crippen LogP contribution in [0.3, 0.4) is 0 Å². The molecule has 0 aromatic heterocycles. The predicted octanol–water partition coefficient (Wildman–Crippen LogP) is 2.06. The Kier molecular flexibility index (Phi) is 6.54. The molecule has 2 atom stereocenters. The van der Waals surface area contributed by atoms with E-state index in [1.54, 1.807) is 0 Å². The van der Waals surface area contributed by atoms with Crippen molar-refractivity contribution in [3.63, 3.8) is 0 Å². The third-order valence-corrected chi connectivity index (χ3v) is 3.43. The van der Waals surface area contributed by atoms with Crippen molar-refractivity contribution in [1.82, 2.24) is 0 Å². The molecule has 0 spiro atoms. The number of rotatable bonds is 7. The fourth-order valence-electron chi connectivity index (χ4n) is 2.54. The van der Waals surface area contributed by atoms with Crippen LogP contribution in [0, 0.1) is 5.92 Å². The van der Waals surface area contributed by atoms with Gasteiger partial charge in [0, 0.05) is 18.8 Å². The molecule has 0 bridgehead atoms. The van der Waals surface area contributed by atoms with Crippen LogP contribution in [0.4, 0.5) is 0 Å². The van der Waals surface area contributed by atoms with Crippen LogP contribution in [0.5, 0.6) is 0 Å². The highest BCUT2D eigenvalue weighted by Gasteiger charge is 2.36. The second-order valence-electron chi connectivity index (χ2n) is 4.44. The maximum Gasteiger partial charge on any atom is 0.166 e. The molecular weight excluding hydrogens is 232 g/mol. The van der Waals surface area contributed by atoms with Gasteiger partial charge in [0.1, 0.15) is 6.29 Å². The number of aliphatic hydroxyl groups is 1. The number of ether oxygens (including phenoxy) is 2. The molecule has 1 aliphatic rings. The van der Waals surface area contributed by atoms with E-state index in [2.05, 4.69) is 0 Å². The fraction of sp³-hybridized carbons (Fsp3) is 0.786. The predicted molar refractivity (Wildman–Crippen MR) is 69.2 cm³/mol. The maximum atomic E-state index is 11.3. The quantitative estimate of drug-likeness (QED) is 0.559. The first-order valence-corrected chi connectivity index (χ1v) is 6.77. The van der Waals surface area contributed by atoms with E-state index in [9.17, 15) is 9.90 Å². The Morgan fingerprint density at radius 1 is 1.33 bits per heavy atom. The van der Waals surface area contributed by atoms with Crippen LogP contribution in [-0.4, -0.2) is 37.0 Å². The highest BCUT2D eigenvalue weighted by atomic mass is 16.7. The van der Waals surface area contributed by atoms with Gasteiger partial charge in [-0.3, -0.25) is 4.79 Å². The molecule has 0 saturated heterocycles. The molecule has 0 aliphatic heterocycles. The summed E-state index contributed by atoms with van der Waals surface area (Å²) in [5.74, 6) is -0.355. The van der Waals surface area contributed by atoms with E-state index < -0.39 is 12.4 Å². The first kappa shape index (κ1) is 15.3. The van der Waals surface area contributed by atoms with Gasteiger partial charge in [0.05, 0.1) is 12.0 Å². The molecule has 0 aromatic rings. The van der Waals surface area contributed by atoms with Crippen LogP contribution >= 0.6 is 0 Å². The molecule has 0 heterocycles. The van der Waals surface area contributed by atoms with Crippen LogP contribution < -0.4 is 0 Å². The number of allylic oxidation sites excluding steroid dienone is 1. The largest absolute Gasteiger partial charge is 0.392 e. The molecule has 0 saturated carbocycles. The van der Waals surface area contributed by atoms with Crippen LogP contribution in [0.25, 0.3) is 0 Å². The molecule has 18 heavy (non-hydrogen) atoms. The van der Waals surface area contributed by atoms with Crippen LogP contribution in [-0.2, 0) is 14.3 Å². The van der Waals surface area contributed by atoms with E-state index in [-0.39, 0.29) is 5.92 Å². The topological polar surface area (TPSA) is 55.8 Å². The van der Waals surface area contributed by atoms with Gasteiger partial charge in [-0.1, -0.05) is 12.5 Å². The van der Waals surface area contributed by atoms with Crippen molar-refractivity contribution in [2.75, 3.05) is 13.2 Å². The standard InChI is InChI=1S/C14H24O4/c1-4-10-7-8-12(16)13(11(10)9-15)14(17-5-2)18-6-3/h9,12-14,16H,4-8H2,1-3H3/t12-,13-/m0/s1. The molecule has 1 N–H and O–H groups in total. The summed E-state index contributed by atoms with van der Waals surface area (Å²) >= 11 is 0. The second-order valence-corrected chi connectivity index (χ2v) is 4.44. The number of carbonyl (C=O) groups excluding carboxylic acids is 1. The molecule has 1 rings (SSSR count). The molecule has 4 nitrogen and oxygen atoms in total. The van der Waals surface area contributed by atoms with Gasteiger partial charge in [0.2, 0.25) is 0 Å². The van der Waals surface area contributed by atoms with E-state index in [0.717, 1.165) is 24.7 Å². The van der Waals surface area contributed by atoms with Gasteiger partial charge in [0.15, 0.2) is 6.29 Å². The second kappa shape index (κ2) is 7.67. The van der Waals surface area contributed by atoms with Crippen molar-refractivity contribution >= 4 is 6.29 Å². The maximum absolute atomic E-state index is 11.3. The number of carbonyl (C=O) groups is 1. The van der Waals surface area contributed by atoms with E-state index >= 15 is 0 Å². The van der Waals surface area contributed by atoms with Crippen molar-refractivity contribution < 1.29 is 19.4 Å². The van der Waals surface area contributed by atoms with Crippen molar-refractivity contribution in [2.24, 2.45) is 5.92 Å². The van der Waals surface area contributed by atoms with Gasteiger partial charge in [-0.2, -0.15) is 0 Å². The Hall–Kier alpha value is -0.710. The minimum atomic E-state index is -0.566. The van der Waals surface area contributed by atoms with E-state index in [4.69, 9.17) is 9.47 Å². The third-order valence-electron chi connectivity index (χ3n) is 3.43. The van der Waals surface area contributed by atoms with Crippen LogP contribution in [0.15, 0.2) is 11.1 Å². The van der Waals surface area contributed by atoms with Crippen molar-refractivity contribution in [3.8, 4) is 0 Å². The van der Waals surface area contributed by atoms with Crippen LogP contribution in [0.2, 0.25) is 0 Å². The van der Waals surface area contributed by atoms with Gasteiger partial charge in [0.25, 0.3) is 0 Å². The first-order valence-electron chi connectivity index (χ1n) is 6.77. The van der Waals surface area contributed by atoms with Gasteiger partial charge in [-0.25, -0.2) is 0 Å². The Morgan fingerprint density at radius 2 is 1.94 bits per heavy atom. The zero-order valence-corrected chi connectivity index (χ0v) is 11.5. The number of aliphatic hydroxyl groups excluding tert-OH is 1. The Labute approximate surface area is 109 Å². The summed E-state index contributed by atoms with van der Waals surface area (Å²) in [6.07, 6.45) is 2.05. The van der Waals surface area contributed by atoms with Crippen LogP contribution in [0.1, 0.15) is 40.0 Å². The molecule has 1 aliphatic carbocycles. The summed E-state index contributed by atoms with van der Waals surface area (Å²) in [5.41, 5.74) is 1.79. The summed E-state index contributed by atoms with van der Waals surface area (Å²) in [6.45, 7) is 6.80. The number of aldehydes is 1. The van der Waals surface area contributed by atoms with E-state index in [1.165, 1.54) is 0 Å². The summed E-state index contributed by atoms with van der Waals surface area (Å²) in [6, 6.07) is 0. The summed E-state index contributed by atoms with van der Waals surface area (Å²) in [5, 5.41) is 10.2. The van der Waals surface area contributed by atoms with Gasteiger partial charge < -0.3 is 14.6 Å². The minimum absolute atomic E-state index is 0.355. The summed E-state index contributed by atoms with van der Waals surface area (Å²) in [4.78, 5) is 11.3. The van der Waals surface area contributed by atoms with Crippen molar-refractivity contribution in [2.45, 2.75) is 52.4 Å². The smallest absolute Gasteiger partial charge is 0.166 e. The molecule has 104 valence electrons. The molecule has 0 aromatic carbocycles. The van der Waals surface area contributed by atoms with Crippen molar-refractivity contribution in [3.05, 3.63) is 11.1 Å². The lowest BCUT2D eigenvalue weighted by Crippen LogP contribution is -2.40. The highest BCUT2D eigenvalue weighted by Crippen LogP contribution is 2.34. The van der Waals surface area contributed by atoms with Gasteiger partial charge in [-0.05, 0) is 33.1 Å². The molecule has 0 radical (unpaired) electrons. The highest BCUT2D eigenvalue weighted by molar-refractivity contribution is 5.76. The van der Waals surface area contributed by atoms with Gasteiger partial charge >= 0.3 is 0 Å². The van der Waals surface area contributed by atoms with Gasteiger partial charge in [-0.15, -0.1) is 0 Å². The average molecular weight is 256 g/mol. The van der Waals surface area contributed by atoms with Crippen molar-refractivity contribution in [1.29, 1.82) is 0 Å².